The molecule has 0 radical (unpaired) electrons. The van der Waals surface area contributed by atoms with Crippen molar-refractivity contribution in [3.8, 4) is 0 Å². The van der Waals surface area contributed by atoms with Crippen LogP contribution in [0.25, 0.3) is 0 Å². The number of aromatic nitrogens is 1. The summed E-state index contributed by atoms with van der Waals surface area (Å²) in [4.78, 5) is 19.1. The number of aryl methyl sites for hydroxylation is 1. The van der Waals surface area contributed by atoms with Crippen molar-refractivity contribution in [3.63, 3.8) is 0 Å². The summed E-state index contributed by atoms with van der Waals surface area (Å²) in [5.74, 6) is 0.780. The maximum atomic E-state index is 10.8. The molecule has 0 bridgehead atoms. The Bertz CT molecular complexity index is 521. The molecule has 2 rings (SSSR count). The molecular formula is C14H22N4O3. The summed E-state index contributed by atoms with van der Waals surface area (Å²) in [5, 5.41) is 20.3. The molecule has 1 aliphatic rings. The van der Waals surface area contributed by atoms with Crippen molar-refractivity contribution in [3.05, 3.63) is 27.9 Å². The van der Waals surface area contributed by atoms with Crippen molar-refractivity contribution in [1.82, 2.24) is 9.88 Å². The van der Waals surface area contributed by atoms with Crippen LogP contribution in [0.4, 0.5) is 11.5 Å². The highest BCUT2D eigenvalue weighted by atomic mass is 16.6. The van der Waals surface area contributed by atoms with E-state index in [0.29, 0.717) is 12.1 Å². The summed E-state index contributed by atoms with van der Waals surface area (Å²) in [7, 11) is 0. The van der Waals surface area contributed by atoms with Crippen molar-refractivity contribution in [1.29, 1.82) is 0 Å². The van der Waals surface area contributed by atoms with E-state index in [1.54, 1.807) is 19.9 Å². The molecule has 0 aromatic carbocycles. The predicted molar refractivity (Wildman–Crippen MR) is 80.6 cm³/mol. The minimum Gasteiger partial charge on any atom is -0.392 e. The SMILES string of the molecule is Cc1cc(N2CCN(C[C@@H](C)O)C[C@@H]2C)ncc1[N+](=O)[O-]. The Kier molecular flexibility index (Phi) is 4.74. The maximum Gasteiger partial charge on any atom is 0.290 e. The minimum atomic E-state index is -0.407. The number of hydrogen-bond acceptors (Lipinski definition) is 6. The van der Waals surface area contributed by atoms with Crippen LogP contribution in [0.3, 0.4) is 0 Å². The number of hydrogen-bond donors (Lipinski definition) is 1. The first-order valence-corrected chi connectivity index (χ1v) is 7.16. The Morgan fingerprint density at radius 2 is 2.29 bits per heavy atom. The van der Waals surface area contributed by atoms with Gasteiger partial charge < -0.3 is 10.0 Å². The molecule has 1 aromatic heterocycles. The Labute approximate surface area is 124 Å². The van der Waals surface area contributed by atoms with E-state index in [1.807, 2.05) is 0 Å². The fraction of sp³-hybridized carbons (Fsp3) is 0.643. The topological polar surface area (TPSA) is 82.7 Å². The highest BCUT2D eigenvalue weighted by molar-refractivity contribution is 5.49. The van der Waals surface area contributed by atoms with Gasteiger partial charge in [-0.3, -0.25) is 15.0 Å². The number of nitrogens with zero attached hydrogens (tertiary/aromatic N) is 4. The van der Waals surface area contributed by atoms with Crippen molar-refractivity contribution in [2.75, 3.05) is 31.1 Å². The molecule has 0 amide bonds. The normalized spacial score (nSPS) is 21.3. The number of aliphatic hydroxyl groups excluding tert-OH is 1. The van der Waals surface area contributed by atoms with Crippen LogP contribution in [-0.2, 0) is 0 Å². The molecule has 1 saturated heterocycles. The lowest BCUT2D eigenvalue weighted by molar-refractivity contribution is -0.385. The summed E-state index contributed by atoms with van der Waals surface area (Å²) in [6, 6.07) is 2.03. The standard InChI is InChI=1S/C14H22N4O3/c1-10-6-14(15-7-13(10)18(20)21)17-5-4-16(8-11(17)2)9-12(3)19/h6-7,11-12,19H,4-5,8-9H2,1-3H3/t11-,12+/m0/s1. The fourth-order valence-corrected chi connectivity index (χ4v) is 2.80. The second kappa shape index (κ2) is 6.36. The lowest BCUT2D eigenvalue weighted by atomic mass is 10.1. The Morgan fingerprint density at radius 3 is 2.81 bits per heavy atom. The second-order valence-electron chi connectivity index (χ2n) is 5.74. The van der Waals surface area contributed by atoms with Crippen LogP contribution in [0.1, 0.15) is 19.4 Å². The van der Waals surface area contributed by atoms with E-state index in [-0.39, 0.29) is 17.8 Å². The highest BCUT2D eigenvalue weighted by Crippen LogP contribution is 2.24. The third-order valence-electron chi connectivity index (χ3n) is 3.79. The first-order valence-electron chi connectivity index (χ1n) is 7.16. The third kappa shape index (κ3) is 3.68. The molecular weight excluding hydrogens is 272 g/mol. The molecule has 116 valence electrons. The summed E-state index contributed by atoms with van der Waals surface area (Å²) < 4.78 is 0. The van der Waals surface area contributed by atoms with Gasteiger partial charge in [-0.05, 0) is 26.8 Å². The van der Waals surface area contributed by atoms with Crippen molar-refractivity contribution >= 4 is 11.5 Å². The number of piperazine rings is 1. The monoisotopic (exact) mass is 294 g/mol. The average molecular weight is 294 g/mol. The summed E-state index contributed by atoms with van der Waals surface area (Å²) in [6.45, 7) is 8.81. The maximum absolute atomic E-state index is 10.8. The Hall–Kier alpha value is -1.73. The van der Waals surface area contributed by atoms with Gasteiger partial charge in [0.1, 0.15) is 12.0 Å². The third-order valence-corrected chi connectivity index (χ3v) is 3.79. The zero-order chi connectivity index (χ0) is 15.6. The van der Waals surface area contributed by atoms with Gasteiger partial charge in [0.15, 0.2) is 0 Å². The summed E-state index contributed by atoms with van der Waals surface area (Å²) >= 11 is 0. The molecule has 2 heterocycles. The molecule has 0 spiro atoms. The lowest BCUT2D eigenvalue weighted by Gasteiger charge is -2.41. The summed E-state index contributed by atoms with van der Waals surface area (Å²) in [6.07, 6.45) is 1.00. The number of anilines is 1. The molecule has 7 nitrogen and oxygen atoms in total. The van der Waals surface area contributed by atoms with E-state index in [4.69, 9.17) is 0 Å². The van der Waals surface area contributed by atoms with Gasteiger partial charge >= 0.3 is 0 Å². The molecule has 0 aliphatic carbocycles. The van der Waals surface area contributed by atoms with E-state index < -0.39 is 4.92 Å². The zero-order valence-electron chi connectivity index (χ0n) is 12.7. The molecule has 1 aliphatic heterocycles. The molecule has 21 heavy (non-hydrogen) atoms. The van der Waals surface area contributed by atoms with Gasteiger partial charge in [-0.25, -0.2) is 4.98 Å². The number of rotatable bonds is 4. The molecule has 1 fully saturated rings. The van der Waals surface area contributed by atoms with Crippen LogP contribution in [0.2, 0.25) is 0 Å². The lowest BCUT2D eigenvalue weighted by Crippen LogP contribution is -2.53. The van der Waals surface area contributed by atoms with Crippen molar-refractivity contribution < 1.29 is 10.0 Å². The van der Waals surface area contributed by atoms with Gasteiger partial charge in [0, 0.05) is 37.8 Å². The van der Waals surface area contributed by atoms with Crippen molar-refractivity contribution in [2.24, 2.45) is 0 Å². The number of nitro groups is 1. The van der Waals surface area contributed by atoms with E-state index in [0.717, 1.165) is 25.5 Å². The van der Waals surface area contributed by atoms with E-state index in [9.17, 15) is 15.2 Å². The molecule has 2 atom stereocenters. The van der Waals surface area contributed by atoms with Gasteiger partial charge in [0.25, 0.3) is 5.69 Å². The molecule has 0 unspecified atom stereocenters. The van der Waals surface area contributed by atoms with Crippen LogP contribution >= 0.6 is 0 Å². The molecule has 1 N–H and O–H groups in total. The Morgan fingerprint density at radius 1 is 1.57 bits per heavy atom. The number of β-amino-alcohol motifs (C(OH)–C–C–N with tert-alkyl or cyclic N) is 1. The van der Waals surface area contributed by atoms with Crippen molar-refractivity contribution in [2.45, 2.75) is 32.9 Å². The van der Waals surface area contributed by atoms with Crippen LogP contribution in [0.15, 0.2) is 12.3 Å². The summed E-state index contributed by atoms with van der Waals surface area (Å²) in [5.41, 5.74) is 0.683. The van der Waals surface area contributed by atoms with Gasteiger partial charge in [0.2, 0.25) is 0 Å². The molecule has 1 aromatic rings. The molecule has 0 saturated carbocycles. The Balaban J connectivity index is 2.09. The van der Waals surface area contributed by atoms with Crippen LogP contribution < -0.4 is 4.90 Å². The average Bonchev–Trinajstić information content (AvgIpc) is 2.37. The number of pyridine rings is 1. The van der Waals surface area contributed by atoms with E-state index in [1.165, 1.54) is 6.20 Å². The van der Waals surface area contributed by atoms with Gasteiger partial charge in [-0.15, -0.1) is 0 Å². The van der Waals surface area contributed by atoms with Crippen LogP contribution in [0.5, 0.6) is 0 Å². The van der Waals surface area contributed by atoms with Gasteiger partial charge in [-0.2, -0.15) is 0 Å². The van der Waals surface area contributed by atoms with Gasteiger partial charge in [-0.1, -0.05) is 0 Å². The van der Waals surface area contributed by atoms with E-state index in [2.05, 4.69) is 21.7 Å². The van der Waals surface area contributed by atoms with Crippen LogP contribution in [-0.4, -0.2) is 58.2 Å². The quantitative estimate of drug-likeness (QED) is 0.663. The van der Waals surface area contributed by atoms with Crippen LogP contribution in [0, 0.1) is 17.0 Å². The first kappa shape index (κ1) is 15.7. The highest BCUT2D eigenvalue weighted by Gasteiger charge is 2.26. The fourth-order valence-electron chi connectivity index (χ4n) is 2.80. The van der Waals surface area contributed by atoms with Gasteiger partial charge in [0.05, 0.1) is 11.0 Å². The predicted octanol–water partition coefficient (Wildman–Crippen LogP) is 1.19. The molecule has 7 heteroatoms. The largest absolute Gasteiger partial charge is 0.392 e. The number of aliphatic hydroxyl groups is 1. The zero-order valence-corrected chi connectivity index (χ0v) is 12.7. The second-order valence-corrected chi connectivity index (χ2v) is 5.74. The first-order chi connectivity index (χ1) is 9.88. The smallest absolute Gasteiger partial charge is 0.290 e. The van der Waals surface area contributed by atoms with E-state index >= 15 is 0 Å². The minimum absolute atomic E-state index is 0.0548.